The van der Waals surface area contributed by atoms with Crippen molar-refractivity contribution in [2.24, 2.45) is 5.41 Å². The molecule has 1 heterocycles. The molecule has 0 saturated heterocycles. The topological polar surface area (TPSA) is 61.6 Å². The lowest BCUT2D eigenvalue weighted by Crippen LogP contribution is -2.33. The lowest BCUT2D eigenvalue weighted by atomic mass is 9.70. The maximum Gasteiger partial charge on any atom is 0.158 e. The summed E-state index contributed by atoms with van der Waals surface area (Å²) in [6, 6.07) is 1.95. The van der Waals surface area contributed by atoms with Crippen molar-refractivity contribution in [3.63, 3.8) is 0 Å². The molecule has 0 atom stereocenters. The summed E-state index contributed by atoms with van der Waals surface area (Å²) in [6.45, 7) is 3.22. The Kier molecular flexibility index (Phi) is 2.55. The third-order valence-corrected chi connectivity index (χ3v) is 3.02. The summed E-state index contributed by atoms with van der Waals surface area (Å²) in [5, 5.41) is 11.8. The Morgan fingerprint density at radius 1 is 1.47 bits per heavy atom. The molecule has 1 saturated carbocycles. The predicted octanol–water partition coefficient (Wildman–Crippen LogP) is 1.95. The fourth-order valence-corrected chi connectivity index (χ4v) is 1.74. The van der Waals surface area contributed by atoms with Crippen LogP contribution in [0.4, 0.5) is 5.82 Å². The van der Waals surface area contributed by atoms with Crippen molar-refractivity contribution in [3.8, 4) is 6.07 Å². The number of hydrogen-bond acceptors (Lipinski definition) is 4. The number of nitrogens with zero attached hydrogens (tertiary/aromatic N) is 3. The van der Waals surface area contributed by atoms with Gasteiger partial charge in [-0.3, -0.25) is 0 Å². The third kappa shape index (κ3) is 2.24. The largest absolute Gasteiger partial charge is 0.368 e. The van der Waals surface area contributed by atoms with E-state index in [9.17, 15) is 0 Å². The van der Waals surface area contributed by atoms with Crippen LogP contribution < -0.4 is 5.32 Å². The Labute approximate surface area is 89.4 Å². The second-order valence-corrected chi connectivity index (χ2v) is 4.42. The fraction of sp³-hybridized carbons (Fsp3) is 0.545. The van der Waals surface area contributed by atoms with Crippen molar-refractivity contribution >= 4 is 5.82 Å². The van der Waals surface area contributed by atoms with Crippen molar-refractivity contribution in [2.45, 2.75) is 26.2 Å². The van der Waals surface area contributed by atoms with Crippen LogP contribution in [0.5, 0.6) is 0 Å². The maximum atomic E-state index is 8.56. The quantitative estimate of drug-likeness (QED) is 0.813. The van der Waals surface area contributed by atoms with E-state index >= 15 is 0 Å². The minimum Gasteiger partial charge on any atom is -0.368 e. The van der Waals surface area contributed by atoms with Crippen molar-refractivity contribution in [1.82, 2.24) is 9.97 Å². The Bertz CT molecular complexity index is 373. The molecule has 1 aliphatic carbocycles. The molecule has 1 fully saturated rings. The second kappa shape index (κ2) is 3.85. The summed E-state index contributed by atoms with van der Waals surface area (Å²) < 4.78 is 0. The number of anilines is 1. The van der Waals surface area contributed by atoms with Crippen LogP contribution in [0, 0.1) is 16.7 Å². The molecule has 4 nitrogen and oxygen atoms in total. The zero-order chi connectivity index (χ0) is 10.7. The van der Waals surface area contributed by atoms with Crippen LogP contribution in [0.25, 0.3) is 0 Å². The molecular formula is C11H14N4. The smallest absolute Gasteiger partial charge is 0.158 e. The molecule has 0 bridgehead atoms. The van der Waals surface area contributed by atoms with Gasteiger partial charge in [0.25, 0.3) is 0 Å². The summed E-state index contributed by atoms with van der Waals surface area (Å²) in [5.41, 5.74) is 0.783. The van der Waals surface area contributed by atoms with E-state index in [2.05, 4.69) is 22.2 Å². The van der Waals surface area contributed by atoms with Crippen LogP contribution in [0.2, 0.25) is 0 Å². The molecule has 0 spiro atoms. The SMILES string of the molecule is CC1(CNc2cnc(C#N)cn2)CCC1. The first kappa shape index (κ1) is 9.91. The van der Waals surface area contributed by atoms with Gasteiger partial charge in [0.1, 0.15) is 11.9 Å². The molecule has 0 aromatic carbocycles. The Balaban J connectivity index is 1.91. The van der Waals surface area contributed by atoms with E-state index in [1.54, 1.807) is 6.20 Å². The fourth-order valence-electron chi connectivity index (χ4n) is 1.74. The van der Waals surface area contributed by atoms with Gasteiger partial charge in [-0.15, -0.1) is 0 Å². The highest BCUT2D eigenvalue weighted by atomic mass is 15.0. The van der Waals surface area contributed by atoms with E-state index in [-0.39, 0.29) is 0 Å². The average molecular weight is 202 g/mol. The number of rotatable bonds is 3. The Hall–Kier alpha value is -1.63. The van der Waals surface area contributed by atoms with Crippen LogP contribution in [0.1, 0.15) is 31.9 Å². The minimum atomic E-state index is 0.357. The molecular weight excluding hydrogens is 188 g/mol. The van der Waals surface area contributed by atoms with Crippen molar-refractivity contribution in [3.05, 3.63) is 18.1 Å². The van der Waals surface area contributed by atoms with E-state index in [4.69, 9.17) is 5.26 Å². The van der Waals surface area contributed by atoms with E-state index in [0.29, 0.717) is 11.1 Å². The van der Waals surface area contributed by atoms with Crippen LogP contribution in [-0.4, -0.2) is 16.5 Å². The van der Waals surface area contributed by atoms with Gasteiger partial charge >= 0.3 is 0 Å². The highest BCUT2D eigenvalue weighted by Gasteiger charge is 2.31. The zero-order valence-electron chi connectivity index (χ0n) is 8.82. The molecule has 0 amide bonds. The predicted molar refractivity (Wildman–Crippen MR) is 57.2 cm³/mol. The van der Waals surface area contributed by atoms with Crippen LogP contribution in [-0.2, 0) is 0 Å². The van der Waals surface area contributed by atoms with Crippen molar-refractivity contribution in [2.75, 3.05) is 11.9 Å². The summed E-state index contributed by atoms with van der Waals surface area (Å²) in [5.74, 6) is 0.752. The van der Waals surface area contributed by atoms with Gasteiger partial charge in [0.05, 0.1) is 12.4 Å². The van der Waals surface area contributed by atoms with Gasteiger partial charge < -0.3 is 5.32 Å². The second-order valence-electron chi connectivity index (χ2n) is 4.42. The van der Waals surface area contributed by atoms with E-state index in [1.807, 2.05) is 6.07 Å². The van der Waals surface area contributed by atoms with E-state index < -0.39 is 0 Å². The number of nitrogens with one attached hydrogen (secondary N) is 1. The summed E-state index contributed by atoms with van der Waals surface area (Å²) in [7, 11) is 0. The zero-order valence-corrected chi connectivity index (χ0v) is 8.82. The normalized spacial score (nSPS) is 17.6. The lowest BCUT2D eigenvalue weighted by Gasteiger charge is -2.38. The van der Waals surface area contributed by atoms with E-state index in [0.717, 1.165) is 12.4 Å². The summed E-state index contributed by atoms with van der Waals surface area (Å²) in [6.07, 6.45) is 7.00. The molecule has 0 aliphatic heterocycles. The van der Waals surface area contributed by atoms with Gasteiger partial charge in [0, 0.05) is 6.54 Å². The van der Waals surface area contributed by atoms with Crippen LogP contribution in [0.3, 0.4) is 0 Å². The molecule has 0 radical (unpaired) electrons. The summed E-state index contributed by atoms with van der Waals surface area (Å²) in [4.78, 5) is 8.07. The number of aromatic nitrogens is 2. The van der Waals surface area contributed by atoms with Gasteiger partial charge in [-0.05, 0) is 18.3 Å². The molecule has 1 aromatic rings. The molecule has 1 aliphatic rings. The highest BCUT2D eigenvalue weighted by Crippen LogP contribution is 2.39. The molecule has 78 valence electrons. The number of hydrogen-bond donors (Lipinski definition) is 1. The first-order chi connectivity index (χ1) is 7.22. The van der Waals surface area contributed by atoms with Gasteiger partial charge in [0.2, 0.25) is 0 Å². The van der Waals surface area contributed by atoms with Gasteiger partial charge in [-0.2, -0.15) is 5.26 Å². The molecule has 2 rings (SSSR count). The molecule has 1 aromatic heterocycles. The Morgan fingerprint density at radius 2 is 2.27 bits per heavy atom. The Morgan fingerprint density at radius 3 is 2.73 bits per heavy atom. The van der Waals surface area contributed by atoms with Gasteiger partial charge in [0.15, 0.2) is 5.69 Å². The average Bonchev–Trinajstić information content (AvgIpc) is 2.24. The third-order valence-electron chi connectivity index (χ3n) is 3.02. The standard InChI is InChI=1S/C11H14N4/c1-11(3-2-4-11)8-15-10-7-13-9(5-12)6-14-10/h6-7H,2-4,8H2,1H3,(H,14,15). The van der Waals surface area contributed by atoms with Crippen LogP contribution in [0.15, 0.2) is 12.4 Å². The summed E-state index contributed by atoms with van der Waals surface area (Å²) >= 11 is 0. The molecule has 1 N–H and O–H groups in total. The molecule has 0 unspecified atom stereocenters. The van der Waals surface area contributed by atoms with Crippen molar-refractivity contribution < 1.29 is 0 Å². The van der Waals surface area contributed by atoms with Crippen LogP contribution >= 0.6 is 0 Å². The number of nitriles is 1. The first-order valence-electron chi connectivity index (χ1n) is 5.18. The van der Waals surface area contributed by atoms with Gasteiger partial charge in [-0.25, -0.2) is 9.97 Å². The maximum absolute atomic E-state index is 8.56. The minimum absolute atomic E-state index is 0.357. The van der Waals surface area contributed by atoms with E-state index in [1.165, 1.54) is 25.5 Å². The highest BCUT2D eigenvalue weighted by molar-refractivity contribution is 5.33. The first-order valence-corrected chi connectivity index (χ1v) is 5.18. The van der Waals surface area contributed by atoms with Gasteiger partial charge in [-0.1, -0.05) is 13.3 Å². The lowest BCUT2D eigenvalue weighted by molar-refractivity contribution is 0.180. The molecule has 15 heavy (non-hydrogen) atoms. The monoisotopic (exact) mass is 202 g/mol. The van der Waals surface area contributed by atoms with Crippen molar-refractivity contribution in [1.29, 1.82) is 5.26 Å². The molecule has 4 heteroatoms.